The third-order valence-corrected chi connectivity index (χ3v) is 3.22. The van der Waals surface area contributed by atoms with Crippen LogP contribution < -0.4 is 4.74 Å². The number of para-hydroxylation sites is 1. The molecule has 0 saturated heterocycles. The summed E-state index contributed by atoms with van der Waals surface area (Å²) in [7, 11) is 0. The van der Waals surface area contributed by atoms with Gasteiger partial charge in [-0.25, -0.2) is 0 Å². The Morgan fingerprint density at radius 1 is 0.941 bits per heavy atom. The number of benzene rings is 2. The van der Waals surface area contributed by atoms with Gasteiger partial charge < -0.3 is 9.72 Å². The number of ether oxygens (including phenoxy) is 1. The van der Waals surface area contributed by atoms with Gasteiger partial charge >= 0.3 is 0 Å². The van der Waals surface area contributed by atoms with E-state index in [1.165, 1.54) is 0 Å². The Labute approximate surface area is 107 Å². The van der Waals surface area contributed by atoms with Crippen LogP contribution in [-0.4, -0.2) is 4.98 Å². The third-order valence-electron chi connectivity index (χ3n) is 2.60. The zero-order valence-electron chi connectivity index (χ0n) is 8.98. The molecule has 0 saturated carbocycles. The van der Waals surface area contributed by atoms with Crippen LogP contribution in [0.15, 0.2) is 59.2 Å². The summed E-state index contributed by atoms with van der Waals surface area (Å²) in [6, 6.07) is 15.8. The van der Waals surface area contributed by atoms with Gasteiger partial charge in [0.05, 0.1) is 9.99 Å². The Bertz CT molecular complexity index is 646. The van der Waals surface area contributed by atoms with Crippen molar-refractivity contribution in [3.05, 3.63) is 59.2 Å². The van der Waals surface area contributed by atoms with E-state index in [0.717, 1.165) is 26.9 Å². The van der Waals surface area contributed by atoms with Crippen LogP contribution in [0.25, 0.3) is 10.9 Å². The first-order valence-electron chi connectivity index (χ1n) is 5.33. The highest BCUT2D eigenvalue weighted by molar-refractivity contribution is 9.10. The number of aromatic nitrogens is 1. The van der Waals surface area contributed by atoms with Gasteiger partial charge in [-0.3, -0.25) is 0 Å². The molecule has 2 nitrogen and oxygen atoms in total. The summed E-state index contributed by atoms with van der Waals surface area (Å²) in [6.45, 7) is 0. The van der Waals surface area contributed by atoms with E-state index >= 15 is 0 Å². The first kappa shape index (κ1) is 10.4. The largest absolute Gasteiger partial charge is 0.454 e. The summed E-state index contributed by atoms with van der Waals surface area (Å²) >= 11 is 3.51. The molecule has 0 aliphatic rings. The second-order valence-corrected chi connectivity index (χ2v) is 4.59. The van der Waals surface area contributed by atoms with Crippen LogP contribution in [0.5, 0.6) is 11.5 Å². The highest BCUT2D eigenvalue weighted by Crippen LogP contribution is 2.35. The molecule has 0 radical (unpaired) electrons. The molecule has 2 aromatic carbocycles. The van der Waals surface area contributed by atoms with E-state index < -0.39 is 0 Å². The fourth-order valence-electron chi connectivity index (χ4n) is 1.78. The lowest BCUT2D eigenvalue weighted by molar-refractivity contribution is 0.484. The lowest BCUT2D eigenvalue weighted by atomic mass is 10.2. The fourth-order valence-corrected chi connectivity index (χ4v) is 2.19. The van der Waals surface area contributed by atoms with Gasteiger partial charge in [0.15, 0.2) is 5.75 Å². The maximum absolute atomic E-state index is 5.90. The highest BCUT2D eigenvalue weighted by Gasteiger charge is 2.08. The highest BCUT2D eigenvalue weighted by atomic mass is 79.9. The number of nitrogens with one attached hydrogen (secondary N) is 1. The predicted molar refractivity (Wildman–Crippen MR) is 72.5 cm³/mol. The van der Waals surface area contributed by atoms with Gasteiger partial charge in [0.1, 0.15) is 5.75 Å². The Hall–Kier alpha value is -1.74. The van der Waals surface area contributed by atoms with Gasteiger partial charge in [0.2, 0.25) is 0 Å². The van der Waals surface area contributed by atoms with E-state index in [4.69, 9.17) is 4.74 Å². The van der Waals surface area contributed by atoms with Gasteiger partial charge in [0, 0.05) is 11.6 Å². The van der Waals surface area contributed by atoms with E-state index in [9.17, 15) is 0 Å². The molecule has 0 bridgehead atoms. The lowest BCUT2D eigenvalue weighted by Gasteiger charge is -2.08. The molecule has 0 aliphatic carbocycles. The number of aromatic amines is 1. The second-order valence-electron chi connectivity index (χ2n) is 3.73. The minimum atomic E-state index is 0.818. The summed E-state index contributed by atoms with van der Waals surface area (Å²) in [5, 5.41) is 1.14. The van der Waals surface area contributed by atoms with Crippen LogP contribution in [0, 0.1) is 0 Å². The Balaban J connectivity index is 2.10. The molecule has 1 N–H and O–H groups in total. The molecule has 84 valence electrons. The summed E-state index contributed by atoms with van der Waals surface area (Å²) in [6.07, 6.45) is 1.91. The molecule has 0 aliphatic heterocycles. The molecule has 0 amide bonds. The van der Waals surface area contributed by atoms with Crippen molar-refractivity contribution in [1.29, 1.82) is 0 Å². The molecule has 0 unspecified atom stereocenters. The minimum Gasteiger partial charge on any atom is -0.454 e. The molecule has 3 aromatic rings. The maximum Gasteiger partial charge on any atom is 0.165 e. The second kappa shape index (κ2) is 4.26. The fraction of sp³-hybridized carbons (Fsp3) is 0. The van der Waals surface area contributed by atoms with Crippen LogP contribution in [0.1, 0.15) is 0 Å². The van der Waals surface area contributed by atoms with Crippen molar-refractivity contribution in [2.45, 2.75) is 0 Å². The van der Waals surface area contributed by atoms with Gasteiger partial charge in [0.25, 0.3) is 0 Å². The van der Waals surface area contributed by atoms with Crippen molar-refractivity contribution in [2.24, 2.45) is 0 Å². The van der Waals surface area contributed by atoms with Crippen molar-refractivity contribution >= 4 is 26.8 Å². The van der Waals surface area contributed by atoms with Crippen LogP contribution in [0.4, 0.5) is 0 Å². The minimum absolute atomic E-state index is 0.818. The van der Waals surface area contributed by atoms with Crippen LogP contribution in [0.2, 0.25) is 0 Å². The van der Waals surface area contributed by atoms with Crippen molar-refractivity contribution in [1.82, 2.24) is 4.98 Å². The zero-order valence-corrected chi connectivity index (χ0v) is 10.6. The van der Waals surface area contributed by atoms with Gasteiger partial charge in [-0.2, -0.15) is 0 Å². The molecule has 3 rings (SSSR count). The smallest absolute Gasteiger partial charge is 0.165 e. The molecule has 1 heterocycles. The van der Waals surface area contributed by atoms with Crippen LogP contribution in [-0.2, 0) is 0 Å². The number of H-pyrrole nitrogens is 1. The lowest BCUT2D eigenvalue weighted by Crippen LogP contribution is -1.86. The molecule has 0 atom stereocenters. The molecular weight excluding hydrogens is 278 g/mol. The summed E-state index contributed by atoms with van der Waals surface area (Å²) < 4.78 is 6.84. The average molecular weight is 288 g/mol. The normalized spacial score (nSPS) is 10.6. The van der Waals surface area contributed by atoms with Crippen LogP contribution >= 0.6 is 15.9 Å². The molecule has 17 heavy (non-hydrogen) atoms. The van der Waals surface area contributed by atoms with Gasteiger partial charge in [-0.05, 0) is 40.2 Å². The van der Waals surface area contributed by atoms with Gasteiger partial charge in [-0.15, -0.1) is 0 Å². The van der Waals surface area contributed by atoms with Crippen LogP contribution in [0.3, 0.4) is 0 Å². The number of halogens is 1. The number of hydrogen-bond donors (Lipinski definition) is 1. The van der Waals surface area contributed by atoms with Crippen molar-refractivity contribution in [3.63, 3.8) is 0 Å². The molecule has 1 aromatic heterocycles. The number of hydrogen-bond acceptors (Lipinski definition) is 1. The average Bonchev–Trinajstić information content (AvgIpc) is 2.83. The third kappa shape index (κ3) is 1.94. The molecular formula is C14H10BrNO. The first-order chi connectivity index (χ1) is 8.34. The summed E-state index contributed by atoms with van der Waals surface area (Å²) in [4.78, 5) is 3.19. The Morgan fingerprint density at radius 3 is 2.59 bits per heavy atom. The Kier molecular flexibility index (Phi) is 2.61. The van der Waals surface area contributed by atoms with Crippen molar-refractivity contribution in [2.75, 3.05) is 0 Å². The van der Waals surface area contributed by atoms with Gasteiger partial charge in [-0.1, -0.05) is 24.3 Å². The van der Waals surface area contributed by atoms with E-state index in [0.29, 0.717) is 0 Å². The van der Waals surface area contributed by atoms with E-state index in [1.807, 2.05) is 54.7 Å². The molecule has 0 spiro atoms. The SMILES string of the molecule is Brc1ccc2cc[nH]c2c1Oc1ccccc1. The molecule has 0 fully saturated rings. The quantitative estimate of drug-likeness (QED) is 0.725. The van der Waals surface area contributed by atoms with E-state index in [-0.39, 0.29) is 0 Å². The zero-order chi connectivity index (χ0) is 11.7. The summed E-state index contributed by atoms with van der Waals surface area (Å²) in [5.41, 5.74) is 1.00. The van der Waals surface area contributed by atoms with Crippen molar-refractivity contribution < 1.29 is 4.74 Å². The summed E-state index contributed by atoms with van der Waals surface area (Å²) in [5.74, 6) is 1.65. The van der Waals surface area contributed by atoms with E-state index in [2.05, 4.69) is 20.9 Å². The van der Waals surface area contributed by atoms with Crippen molar-refractivity contribution in [3.8, 4) is 11.5 Å². The topological polar surface area (TPSA) is 25.0 Å². The molecule has 3 heteroatoms. The first-order valence-corrected chi connectivity index (χ1v) is 6.12. The standard InChI is InChI=1S/C14H10BrNO/c15-12-7-6-10-8-9-16-13(10)14(12)17-11-4-2-1-3-5-11/h1-9,16H. The number of fused-ring (bicyclic) bond motifs is 1. The monoisotopic (exact) mass is 287 g/mol. The van der Waals surface area contributed by atoms with E-state index in [1.54, 1.807) is 0 Å². The number of rotatable bonds is 2. The maximum atomic E-state index is 5.90. The Morgan fingerprint density at radius 2 is 1.76 bits per heavy atom. The predicted octanol–water partition coefficient (Wildman–Crippen LogP) is 4.72.